The van der Waals surface area contributed by atoms with E-state index in [4.69, 9.17) is 4.74 Å². The number of esters is 1. The molecule has 56 heavy (non-hydrogen) atoms. The minimum atomic E-state index is -1.02. The van der Waals surface area contributed by atoms with Gasteiger partial charge >= 0.3 is 5.97 Å². The molecule has 0 aromatic heterocycles. The molecule has 1 unspecified atom stereocenters. The van der Waals surface area contributed by atoms with Crippen LogP contribution in [0.2, 0.25) is 0 Å². The number of carbonyl (C=O) groups is 3. The number of benzene rings is 2. The quantitative estimate of drug-likeness (QED) is 0.165. The maximum absolute atomic E-state index is 14.4. The number of nitrogens with one attached hydrogen (secondary N) is 1. The van der Waals surface area contributed by atoms with Crippen molar-refractivity contribution in [1.29, 1.82) is 0 Å². The smallest absolute Gasteiger partial charge is 0.322 e. The second-order valence-corrected chi connectivity index (χ2v) is 20.5. The Kier molecular flexibility index (Phi) is 10.3. The number of Topliss-reactive ketones (excluding diaryl/α,β-unsaturated/α-hetero) is 1. The van der Waals surface area contributed by atoms with Gasteiger partial charge in [-0.05, 0) is 145 Å². The first-order valence-corrected chi connectivity index (χ1v) is 22.2. The van der Waals surface area contributed by atoms with E-state index in [-0.39, 0.29) is 33.7 Å². The Balaban J connectivity index is 0.986. The first kappa shape index (κ1) is 39.4. The van der Waals surface area contributed by atoms with E-state index < -0.39 is 11.9 Å². The maximum Gasteiger partial charge on any atom is 0.322 e. The number of allylic oxidation sites excluding steroid dienone is 2. The lowest BCUT2D eigenvalue weighted by atomic mass is 9.48. The highest BCUT2D eigenvalue weighted by Crippen LogP contribution is 2.64. The number of rotatable bonds is 8. The fourth-order valence-corrected chi connectivity index (χ4v) is 13.6. The van der Waals surface area contributed by atoms with Crippen LogP contribution in [0.5, 0.6) is 0 Å². The van der Waals surface area contributed by atoms with E-state index in [9.17, 15) is 14.4 Å². The molecule has 0 saturated heterocycles. The summed E-state index contributed by atoms with van der Waals surface area (Å²) in [7, 11) is 0. The summed E-state index contributed by atoms with van der Waals surface area (Å²) in [6.07, 6.45) is 17.0. The van der Waals surface area contributed by atoms with Crippen LogP contribution in [0.4, 0.5) is 0 Å². The number of ketones is 1. The average molecular weight is 758 g/mol. The number of hydrogen-bond donors (Lipinski definition) is 1. The lowest BCUT2D eigenvalue weighted by Gasteiger charge is -2.56. The zero-order valence-corrected chi connectivity index (χ0v) is 35.3. The minimum absolute atomic E-state index is 0.0675. The first-order valence-electron chi connectivity index (χ1n) is 22.2. The third kappa shape index (κ3) is 6.65. The molecule has 300 valence electrons. The third-order valence-corrected chi connectivity index (χ3v) is 17.1. The summed E-state index contributed by atoms with van der Waals surface area (Å²) >= 11 is 0. The Morgan fingerprint density at radius 3 is 2.39 bits per heavy atom. The number of aryl methyl sites for hydroxylation is 1. The van der Waals surface area contributed by atoms with Gasteiger partial charge in [0, 0.05) is 24.8 Å². The highest BCUT2D eigenvalue weighted by molar-refractivity contribution is 6.01. The molecule has 0 aliphatic heterocycles. The normalized spacial score (nSPS) is 36.9. The minimum Gasteiger partial charge on any atom is -0.461 e. The number of fused-ring (bicyclic) bond motifs is 8. The number of hydrogen-bond acceptors (Lipinski definition) is 4. The first-order chi connectivity index (χ1) is 26.7. The van der Waals surface area contributed by atoms with Crippen molar-refractivity contribution >= 4 is 23.2 Å². The fourth-order valence-electron chi connectivity index (χ4n) is 13.6. The molecule has 1 amide bonds. The van der Waals surface area contributed by atoms with Crippen molar-refractivity contribution in [3.8, 4) is 0 Å². The molecule has 2 aromatic rings. The van der Waals surface area contributed by atoms with Crippen LogP contribution in [0.1, 0.15) is 154 Å². The summed E-state index contributed by atoms with van der Waals surface area (Å²) in [5.74, 6) is 1.37. The van der Waals surface area contributed by atoms with Crippen molar-refractivity contribution < 1.29 is 19.1 Å². The summed E-state index contributed by atoms with van der Waals surface area (Å²) in [5.41, 5.74) is 7.68. The molecule has 0 bridgehead atoms. The molecule has 4 saturated carbocycles. The van der Waals surface area contributed by atoms with Gasteiger partial charge in [-0.25, -0.2) is 0 Å². The van der Waals surface area contributed by atoms with Gasteiger partial charge in [-0.1, -0.05) is 114 Å². The summed E-state index contributed by atoms with van der Waals surface area (Å²) < 4.78 is 6.40. The predicted octanol–water partition coefficient (Wildman–Crippen LogP) is 11.1. The van der Waals surface area contributed by atoms with Crippen molar-refractivity contribution in [3.63, 3.8) is 0 Å². The van der Waals surface area contributed by atoms with Crippen LogP contribution in [-0.4, -0.2) is 30.3 Å². The van der Waals surface area contributed by atoms with Crippen LogP contribution >= 0.6 is 0 Å². The van der Waals surface area contributed by atoms with E-state index >= 15 is 0 Å². The molecule has 5 nitrogen and oxygen atoms in total. The predicted molar refractivity (Wildman–Crippen MR) is 225 cm³/mol. The Morgan fingerprint density at radius 2 is 1.62 bits per heavy atom. The molecule has 6 aliphatic carbocycles. The van der Waals surface area contributed by atoms with Gasteiger partial charge in [-0.15, -0.1) is 0 Å². The van der Waals surface area contributed by atoms with Gasteiger partial charge in [0.1, 0.15) is 11.9 Å². The highest BCUT2D eigenvalue weighted by Gasteiger charge is 2.59. The average Bonchev–Trinajstić information content (AvgIpc) is 3.49. The SMILES string of the molecule is C/C(=C\C(C(=O)NC[C@@]1(C)CCC[C@@]2(C)c3ccc(C(C)C)cc3CC[C@H]12)C(=O)O[C@H]1CC[C@@]2(C)C(=CC[C@@H]3[C@@H]2CC[C@]2(C)C(=O)CC[C@@H]32)C1)c1ccccc1. The highest BCUT2D eigenvalue weighted by atomic mass is 16.5. The largest absolute Gasteiger partial charge is 0.461 e. The van der Waals surface area contributed by atoms with Gasteiger partial charge in [-0.2, -0.15) is 0 Å². The van der Waals surface area contributed by atoms with Gasteiger partial charge in [0.05, 0.1) is 0 Å². The van der Waals surface area contributed by atoms with Crippen LogP contribution in [-0.2, 0) is 31.0 Å². The van der Waals surface area contributed by atoms with E-state index in [1.165, 1.54) is 28.7 Å². The third-order valence-electron chi connectivity index (χ3n) is 17.1. The summed E-state index contributed by atoms with van der Waals surface area (Å²) in [6.45, 7) is 16.6. The zero-order valence-electron chi connectivity index (χ0n) is 35.3. The van der Waals surface area contributed by atoms with Crippen molar-refractivity contribution in [2.45, 2.75) is 149 Å². The van der Waals surface area contributed by atoms with Crippen LogP contribution in [0.3, 0.4) is 0 Å². The van der Waals surface area contributed by atoms with Crippen LogP contribution < -0.4 is 5.32 Å². The topological polar surface area (TPSA) is 72.5 Å². The van der Waals surface area contributed by atoms with E-state index in [1.54, 1.807) is 0 Å². The molecule has 2 aromatic carbocycles. The molecule has 10 atom stereocenters. The summed E-state index contributed by atoms with van der Waals surface area (Å²) in [4.78, 5) is 41.7. The van der Waals surface area contributed by atoms with Gasteiger partial charge in [-0.3, -0.25) is 14.4 Å². The van der Waals surface area contributed by atoms with E-state index in [1.807, 2.05) is 43.3 Å². The van der Waals surface area contributed by atoms with Crippen LogP contribution in [0, 0.1) is 45.8 Å². The molecule has 0 radical (unpaired) electrons. The second-order valence-electron chi connectivity index (χ2n) is 20.5. The number of amides is 1. The molecule has 8 rings (SSSR count). The van der Waals surface area contributed by atoms with Crippen molar-refractivity contribution in [3.05, 3.63) is 88.5 Å². The Labute approximate surface area is 336 Å². The Hall–Kier alpha value is -3.47. The molecular formula is C51H67NO4. The number of carbonyl (C=O) groups excluding carboxylic acids is 3. The van der Waals surface area contributed by atoms with Crippen molar-refractivity contribution in [2.75, 3.05) is 6.54 Å². The molecule has 4 fully saturated rings. The Bertz CT molecular complexity index is 1930. The fraction of sp³-hybridized carbons (Fsp3) is 0.627. The van der Waals surface area contributed by atoms with Crippen molar-refractivity contribution in [1.82, 2.24) is 5.32 Å². The van der Waals surface area contributed by atoms with E-state index in [0.29, 0.717) is 41.9 Å². The molecule has 0 spiro atoms. The molecule has 5 heteroatoms. The van der Waals surface area contributed by atoms with E-state index in [2.05, 4.69) is 71.1 Å². The standard InChI is InChI=1S/C51H67NO4/c1-32(2)35-14-18-41-36(29-35)15-20-44-48(4,24-11-25-50(41,44)6)31-52-46(54)40(28-33(3)34-12-9-8-10-13-34)47(55)56-38-22-26-49(5)37(30-38)16-17-39-42-19-21-45(53)51(42,7)27-23-43(39)49/h8-10,12-14,16,18,28-29,32,38-40,42-44H,11,15,17,19-27,30-31H2,1-7H3,(H,52,54)/b33-28+/t38-,39-,40?,42-,43-,44+,48+,49-,50-,51-/m0/s1. The van der Waals surface area contributed by atoms with Crippen LogP contribution in [0.25, 0.3) is 5.57 Å². The summed E-state index contributed by atoms with van der Waals surface area (Å²) in [5, 5.41) is 3.35. The van der Waals surface area contributed by atoms with Gasteiger partial charge in [0.25, 0.3) is 0 Å². The number of ether oxygens (including phenoxy) is 1. The van der Waals surface area contributed by atoms with Gasteiger partial charge < -0.3 is 10.1 Å². The zero-order chi connectivity index (χ0) is 39.6. The van der Waals surface area contributed by atoms with Gasteiger partial charge in [0.15, 0.2) is 5.92 Å². The monoisotopic (exact) mass is 758 g/mol. The van der Waals surface area contributed by atoms with Crippen molar-refractivity contribution in [2.24, 2.45) is 45.8 Å². The molecule has 6 aliphatic rings. The molecular weight excluding hydrogens is 691 g/mol. The van der Waals surface area contributed by atoms with Gasteiger partial charge in [0.2, 0.25) is 5.91 Å². The second kappa shape index (κ2) is 14.7. The lowest BCUT2D eigenvalue weighted by molar-refractivity contribution is -0.157. The Morgan fingerprint density at radius 1 is 0.875 bits per heavy atom. The van der Waals surface area contributed by atoms with E-state index in [0.717, 1.165) is 88.2 Å². The van der Waals surface area contributed by atoms with Crippen LogP contribution in [0.15, 0.2) is 66.3 Å². The summed E-state index contributed by atoms with van der Waals surface area (Å²) in [6, 6.07) is 17.2. The lowest BCUT2D eigenvalue weighted by Crippen LogP contribution is -2.54. The molecule has 1 N–H and O–H groups in total. The maximum atomic E-state index is 14.4. The molecule has 0 heterocycles.